The second-order valence-corrected chi connectivity index (χ2v) is 4.53. The first-order valence-corrected chi connectivity index (χ1v) is 6.21. The molecule has 1 heterocycles. The van der Waals surface area contributed by atoms with Crippen molar-refractivity contribution in [2.75, 3.05) is 0 Å². The van der Waals surface area contributed by atoms with Crippen LogP contribution in [-0.2, 0) is 0 Å². The summed E-state index contributed by atoms with van der Waals surface area (Å²) in [6.07, 6.45) is 0. The van der Waals surface area contributed by atoms with Crippen molar-refractivity contribution in [3.05, 3.63) is 54.3 Å². The van der Waals surface area contributed by atoms with Crippen LogP contribution in [0.1, 0.15) is 5.76 Å². The molecule has 4 nitrogen and oxygen atoms in total. The molecule has 4 heteroatoms. The van der Waals surface area contributed by atoms with Crippen LogP contribution < -0.4 is 0 Å². The minimum atomic E-state index is -0.0320. The minimum Gasteiger partial charge on any atom is -0.508 e. The largest absolute Gasteiger partial charge is 0.508 e. The molecule has 0 amide bonds. The average molecular weight is 267 g/mol. The first-order chi connectivity index (χ1) is 9.66. The molecule has 0 saturated carbocycles. The van der Waals surface area contributed by atoms with Crippen LogP contribution in [0, 0.1) is 6.92 Å². The summed E-state index contributed by atoms with van der Waals surface area (Å²) in [5.41, 5.74) is 2.89. The predicted molar refractivity (Wildman–Crippen MR) is 75.4 cm³/mol. The van der Waals surface area contributed by atoms with Crippen LogP contribution in [0.15, 0.2) is 53.1 Å². The molecule has 0 aliphatic rings. The molecule has 0 spiro atoms. The van der Waals surface area contributed by atoms with Crippen LogP contribution in [-0.4, -0.2) is 15.4 Å². The van der Waals surface area contributed by atoms with Gasteiger partial charge in [0.15, 0.2) is 0 Å². The van der Waals surface area contributed by atoms with Crippen molar-refractivity contribution in [3.8, 4) is 33.9 Å². The zero-order chi connectivity index (χ0) is 14.1. The number of phenols is 2. The molecule has 0 unspecified atom stereocenters. The van der Waals surface area contributed by atoms with Gasteiger partial charge < -0.3 is 14.7 Å². The lowest BCUT2D eigenvalue weighted by molar-refractivity contribution is 0.399. The quantitative estimate of drug-likeness (QED) is 0.742. The standard InChI is InChI=1S/C16H13NO3/c1-10-15(11-5-3-2-4-6-11)16(17-20-10)13-8-7-12(18)9-14(13)19/h2-9,18-19H,1H3. The fourth-order valence-electron chi connectivity index (χ4n) is 2.22. The molecule has 1 aromatic heterocycles. The number of aromatic hydroxyl groups is 2. The third-order valence-corrected chi connectivity index (χ3v) is 3.16. The Balaban J connectivity index is 2.21. The van der Waals surface area contributed by atoms with E-state index in [1.54, 1.807) is 6.07 Å². The number of hydrogen-bond acceptors (Lipinski definition) is 4. The van der Waals surface area contributed by atoms with E-state index in [0.717, 1.165) is 11.1 Å². The topological polar surface area (TPSA) is 66.5 Å². The Morgan fingerprint density at radius 3 is 2.45 bits per heavy atom. The molecule has 3 aromatic rings. The molecule has 100 valence electrons. The Morgan fingerprint density at radius 1 is 1.00 bits per heavy atom. The average Bonchev–Trinajstić information content (AvgIpc) is 2.81. The van der Waals surface area contributed by atoms with Crippen molar-refractivity contribution >= 4 is 0 Å². The van der Waals surface area contributed by atoms with Gasteiger partial charge in [-0.1, -0.05) is 35.5 Å². The van der Waals surface area contributed by atoms with Gasteiger partial charge in [-0.2, -0.15) is 0 Å². The van der Waals surface area contributed by atoms with Gasteiger partial charge in [0, 0.05) is 11.6 Å². The van der Waals surface area contributed by atoms with Crippen LogP contribution in [0.2, 0.25) is 0 Å². The maximum Gasteiger partial charge on any atom is 0.142 e. The maximum atomic E-state index is 9.98. The molecule has 0 saturated heterocycles. The summed E-state index contributed by atoms with van der Waals surface area (Å²) in [5.74, 6) is 0.655. The second-order valence-electron chi connectivity index (χ2n) is 4.53. The van der Waals surface area contributed by atoms with Crippen molar-refractivity contribution in [2.24, 2.45) is 0 Å². The van der Waals surface area contributed by atoms with E-state index >= 15 is 0 Å². The molecule has 0 aliphatic heterocycles. The predicted octanol–water partition coefficient (Wildman–Crippen LogP) is 3.73. The lowest BCUT2D eigenvalue weighted by Crippen LogP contribution is -1.85. The van der Waals surface area contributed by atoms with Crippen molar-refractivity contribution in [1.82, 2.24) is 5.16 Å². The SMILES string of the molecule is Cc1onc(-c2ccc(O)cc2O)c1-c1ccccc1. The first kappa shape index (κ1) is 12.3. The number of rotatable bonds is 2. The van der Waals surface area contributed by atoms with Crippen LogP contribution in [0.3, 0.4) is 0 Å². The van der Waals surface area contributed by atoms with Crippen LogP contribution >= 0.6 is 0 Å². The second kappa shape index (κ2) is 4.74. The zero-order valence-electron chi connectivity index (χ0n) is 10.9. The van der Waals surface area contributed by atoms with Gasteiger partial charge in [0.1, 0.15) is 23.0 Å². The summed E-state index contributed by atoms with van der Waals surface area (Å²) >= 11 is 0. The Morgan fingerprint density at radius 2 is 1.75 bits per heavy atom. The first-order valence-electron chi connectivity index (χ1n) is 6.21. The Bertz CT molecular complexity index is 748. The van der Waals surface area contributed by atoms with Gasteiger partial charge in [0.05, 0.1) is 5.56 Å². The number of nitrogens with zero attached hydrogens (tertiary/aromatic N) is 1. The number of hydrogen-bond donors (Lipinski definition) is 2. The van der Waals surface area contributed by atoms with Crippen LogP contribution in [0.25, 0.3) is 22.4 Å². The summed E-state index contributed by atoms with van der Waals surface area (Å²) in [5, 5.41) is 23.4. The number of aryl methyl sites for hydroxylation is 1. The summed E-state index contributed by atoms with van der Waals surface area (Å²) in [7, 11) is 0. The summed E-state index contributed by atoms with van der Waals surface area (Å²) in [6, 6.07) is 14.1. The highest BCUT2D eigenvalue weighted by atomic mass is 16.5. The summed E-state index contributed by atoms with van der Waals surface area (Å²) < 4.78 is 5.27. The molecular formula is C16H13NO3. The molecule has 0 fully saturated rings. The van der Waals surface area contributed by atoms with E-state index in [0.29, 0.717) is 17.0 Å². The van der Waals surface area contributed by atoms with Crippen LogP contribution in [0.5, 0.6) is 11.5 Å². The molecule has 0 bridgehead atoms. The molecule has 2 N–H and O–H groups in total. The van der Waals surface area contributed by atoms with Crippen molar-refractivity contribution in [1.29, 1.82) is 0 Å². The minimum absolute atomic E-state index is 0.00716. The lowest BCUT2D eigenvalue weighted by Gasteiger charge is -2.05. The molecule has 3 rings (SSSR count). The van der Waals surface area contributed by atoms with Crippen molar-refractivity contribution < 1.29 is 14.7 Å². The third-order valence-electron chi connectivity index (χ3n) is 3.16. The van der Waals surface area contributed by atoms with E-state index in [1.165, 1.54) is 12.1 Å². The smallest absolute Gasteiger partial charge is 0.142 e. The van der Waals surface area contributed by atoms with Gasteiger partial charge in [-0.25, -0.2) is 0 Å². The van der Waals surface area contributed by atoms with Crippen molar-refractivity contribution in [3.63, 3.8) is 0 Å². The van der Waals surface area contributed by atoms with E-state index in [9.17, 15) is 10.2 Å². The Labute approximate surface area is 115 Å². The number of benzene rings is 2. The van der Waals surface area contributed by atoms with E-state index in [-0.39, 0.29) is 11.5 Å². The van der Waals surface area contributed by atoms with E-state index in [1.807, 2.05) is 37.3 Å². The van der Waals surface area contributed by atoms with Crippen molar-refractivity contribution in [2.45, 2.75) is 6.92 Å². The molecule has 0 atom stereocenters. The normalized spacial score (nSPS) is 10.7. The maximum absolute atomic E-state index is 9.98. The highest BCUT2D eigenvalue weighted by molar-refractivity contribution is 5.84. The van der Waals surface area contributed by atoms with Gasteiger partial charge in [-0.15, -0.1) is 0 Å². The third kappa shape index (κ3) is 2.01. The van der Waals surface area contributed by atoms with E-state index in [4.69, 9.17) is 4.52 Å². The van der Waals surface area contributed by atoms with Gasteiger partial charge in [0.25, 0.3) is 0 Å². The molecule has 0 radical (unpaired) electrons. The molecule has 20 heavy (non-hydrogen) atoms. The summed E-state index contributed by atoms with van der Waals surface area (Å²) in [6.45, 7) is 1.83. The fraction of sp³-hybridized carbons (Fsp3) is 0.0625. The molecular weight excluding hydrogens is 254 g/mol. The number of phenolic OH excluding ortho intramolecular Hbond substituents is 2. The summed E-state index contributed by atoms with van der Waals surface area (Å²) in [4.78, 5) is 0. The molecule has 2 aromatic carbocycles. The Kier molecular flexibility index (Phi) is 2.91. The van der Waals surface area contributed by atoms with E-state index < -0.39 is 0 Å². The van der Waals surface area contributed by atoms with E-state index in [2.05, 4.69) is 5.16 Å². The van der Waals surface area contributed by atoms with Gasteiger partial charge in [-0.05, 0) is 24.6 Å². The lowest BCUT2D eigenvalue weighted by atomic mass is 9.99. The van der Waals surface area contributed by atoms with Gasteiger partial charge in [-0.3, -0.25) is 0 Å². The van der Waals surface area contributed by atoms with Crippen LogP contribution in [0.4, 0.5) is 0 Å². The zero-order valence-corrected chi connectivity index (χ0v) is 10.9. The highest BCUT2D eigenvalue weighted by Gasteiger charge is 2.18. The Hall–Kier alpha value is -2.75. The monoisotopic (exact) mass is 267 g/mol. The molecule has 0 aliphatic carbocycles. The van der Waals surface area contributed by atoms with Gasteiger partial charge >= 0.3 is 0 Å². The van der Waals surface area contributed by atoms with Gasteiger partial charge in [0.2, 0.25) is 0 Å². The fourth-order valence-corrected chi connectivity index (χ4v) is 2.22. The number of aromatic nitrogens is 1. The highest BCUT2D eigenvalue weighted by Crippen LogP contribution is 2.39.